The number of nitrogens with zero attached hydrogens (tertiary/aromatic N) is 3. The van der Waals surface area contributed by atoms with Gasteiger partial charge >= 0.3 is 5.69 Å². The van der Waals surface area contributed by atoms with Crippen LogP contribution in [0.3, 0.4) is 0 Å². The zero-order valence-electron chi connectivity index (χ0n) is 12.3. The lowest BCUT2D eigenvalue weighted by molar-refractivity contribution is -0.385. The molecule has 7 heteroatoms. The van der Waals surface area contributed by atoms with Crippen molar-refractivity contribution in [1.29, 1.82) is 0 Å². The zero-order valence-corrected chi connectivity index (χ0v) is 12.3. The quantitative estimate of drug-likeness (QED) is 0.650. The number of nitrogens with one attached hydrogen (secondary N) is 2. The maximum Gasteiger partial charge on any atom is 0.332 e. The number of rotatable bonds is 4. The summed E-state index contributed by atoms with van der Waals surface area (Å²) in [5, 5.41) is 17.3. The normalized spacial score (nSPS) is 25.5. The molecule has 20 heavy (non-hydrogen) atoms. The van der Waals surface area contributed by atoms with E-state index in [9.17, 15) is 10.1 Å². The largest absolute Gasteiger partial charge is 0.361 e. The van der Waals surface area contributed by atoms with E-state index < -0.39 is 4.92 Å². The predicted molar refractivity (Wildman–Crippen MR) is 77.9 cm³/mol. The molecular formula is C13H21N5O2. The molecule has 1 aromatic rings. The summed E-state index contributed by atoms with van der Waals surface area (Å²) in [6, 6.07) is 0.225. The fourth-order valence-corrected chi connectivity index (χ4v) is 2.74. The van der Waals surface area contributed by atoms with Crippen LogP contribution in [0.5, 0.6) is 0 Å². The van der Waals surface area contributed by atoms with Gasteiger partial charge in [-0.15, -0.1) is 0 Å². The minimum atomic E-state index is -0.417. The first-order valence-corrected chi connectivity index (χ1v) is 6.91. The Hall–Kier alpha value is -1.92. The molecule has 110 valence electrons. The average Bonchev–Trinajstić information content (AvgIpc) is 2.69. The molecule has 1 aliphatic carbocycles. The van der Waals surface area contributed by atoms with Crippen LogP contribution in [0.25, 0.3) is 0 Å². The molecule has 1 aliphatic rings. The smallest absolute Gasteiger partial charge is 0.332 e. The Labute approximate surface area is 118 Å². The molecule has 1 saturated carbocycles. The summed E-state index contributed by atoms with van der Waals surface area (Å²) in [6.45, 7) is 6.02. The summed E-state index contributed by atoms with van der Waals surface area (Å²) in [4.78, 5) is 19.1. The zero-order chi connectivity index (χ0) is 14.9. The van der Waals surface area contributed by atoms with Gasteiger partial charge in [-0.05, 0) is 31.6 Å². The van der Waals surface area contributed by atoms with E-state index in [1.165, 1.54) is 0 Å². The number of nitro groups is 1. The van der Waals surface area contributed by atoms with E-state index in [1.54, 1.807) is 14.0 Å². The molecule has 7 nitrogen and oxygen atoms in total. The van der Waals surface area contributed by atoms with Crippen LogP contribution in [0.4, 0.5) is 17.5 Å². The van der Waals surface area contributed by atoms with Crippen LogP contribution in [0.15, 0.2) is 0 Å². The molecule has 0 aliphatic heterocycles. The molecule has 1 heterocycles. The topological polar surface area (TPSA) is 93.0 Å². The second-order valence-corrected chi connectivity index (χ2v) is 5.50. The van der Waals surface area contributed by atoms with Crippen molar-refractivity contribution in [3.63, 3.8) is 0 Å². The number of aryl methyl sites for hydroxylation is 1. The predicted octanol–water partition coefficient (Wildman–Crippen LogP) is 2.58. The lowest BCUT2D eigenvalue weighted by Gasteiger charge is -2.20. The highest BCUT2D eigenvalue weighted by molar-refractivity contribution is 5.61. The molecule has 2 N–H and O–H groups in total. The van der Waals surface area contributed by atoms with Crippen molar-refractivity contribution < 1.29 is 4.92 Å². The van der Waals surface area contributed by atoms with Gasteiger partial charge in [0.25, 0.3) is 0 Å². The number of hydrogen-bond donors (Lipinski definition) is 2. The van der Waals surface area contributed by atoms with Crippen molar-refractivity contribution in [2.24, 2.45) is 11.8 Å². The van der Waals surface area contributed by atoms with Gasteiger partial charge in [-0.2, -0.15) is 4.98 Å². The van der Waals surface area contributed by atoms with Crippen molar-refractivity contribution in [1.82, 2.24) is 9.97 Å². The lowest BCUT2D eigenvalue weighted by atomic mass is 9.98. The van der Waals surface area contributed by atoms with Gasteiger partial charge in [-0.25, -0.2) is 4.98 Å². The standard InChI is InChI=1S/C13H21N5O2/c1-7-5-6-10(8(7)2)16-12-11(18(19)20)9(3)15-13(14-4)17-12/h7-8,10H,5-6H2,1-4H3,(H2,14,15,16,17). The van der Waals surface area contributed by atoms with Crippen LogP contribution in [0, 0.1) is 28.9 Å². The number of anilines is 2. The van der Waals surface area contributed by atoms with E-state index >= 15 is 0 Å². The first kappa shape index (κ1) is 14.5. The van der Waals surface area contributed by atoms with E-state index in [0.29, 0.717) is 29.3 Å². The molecule has 2 rings (SSSR count). The first-order chi connectivity index (χ1) is 9.43. The summed E-state index contributed by atoms with van der Waals surface area (Å²) in [6.07, 6.45) is 2.15. The fraction of sp³-hybridized carbons (Fsp3) is 0.692. The van der Waals surface area contributed by atoms with Crippen LogP contribution in [-0.4, -0.2) is 28.0 Å². The Morgan fingerprint density at radius 3 is 2.50 bits per heavy atom. The molecule has 1 fully saturated rings. The van der Waals surface area contributed by atoms with E-state index in [0.717, 1.165) is 12.8 Å². The third-order valence-corrected chi connectivity index (χ3v) is 4.25. The minimum absolute atomic E-state index is 0.0317. The molecule has 3 unspecified atom stereocenters. The maximum absolute atomic E-state index is 11.2. The molecule has 0 bridgehead atoms. The van der Waals surface area contributed by atoms with Crippen LogP contribution in [0.2, 0.25) is 0 Å². The molecule has 0 spiro atoms. The third-order valence-electron chi connectivity index (χ3n) is 4.25. The summed E-state index contributed by atoms with van der Waals surface area (Å²) in [7, 11) is 1.70. The van der Waals surface area contributed by atoms with Crippen molar-refractivity contribution >= 4 is 17.5 Å². The second kappa shape index (κ2) is 5.60. The second-order valence-electron chi connectivity index (χ2n) is 5.50. The van der Waals surface area contributed by atoms with Crippen molar-refractivity contribution in [2.75, 3.05) is 17.7 Å². The Morgan fingerprint density at radius 1 is 1.30 bits per heavy atom. The van der Waals surface area contributed by atoms with Crippen LogP contribution < -0.4 is 10.6 Å². The Kier molecular flexibility index (Phi) is 4.06. The van der Waals surface area contributed by atoms with Crippen molar-refractivity contribution in [3.8, 4) is 0 Å². The van der Waals surface area contributed by atoms with Gasteiger partial charge in [-0.3, -0.25) is 10.1 Å². The van der Waals surface area contributed by atoms with E-state index in [1.807, 2.05) is 0 Å². The summed E-state index contributed by atoms with van der Waals surface area (Å²) in [5.41, 5.74) is 0.339. The van der Waals surface area contributed by atoms with Gasteiger partial charge in [-0.1, -0.05) is 13.8 Å². The van der Waals surface area contributed by atoms with E-state index in [-0.39, 0.29) is 11.7 Å². The van der Waals surface area contributed by atoms with Gasteiger partial charge in [0, 0.05) is 13.1 Å². The van der Waals surface area contributed by atoms with E-state index in [2.05, 4.69) is 34.4 Å². The summed E-state index contributed by atoms with van der Waals surface area (Å²) in [5.74, 6) is 1.81. The van der Waals surface area contributed by atoms with Crippen molar-refractivity contribution in [2.45, 2.75) is 39.7 Å². The van der Waals surface area contributed by atoms with Crippen LogP contribution in [-0.2, 0) is 0 Å². The lowest BCUT2D eigenvalue weighted by Crippen LogP contribution is -2.25. The van der Waals surface area contributed by atoms with Crippen LogP contribution in [0.1, 0.15) is 32.4 Å². The Morgan fingerprint density at radius 2 is 2.00 bits per heavy atom. The highest BCUT2D eigenvalue weighted by atomic mass is 16.6. The van der Waals surface area contributed by atoms with Gasteiger partial charge in [0.05, 0.1) is 4.92 Å². The highest BCUT2D eigenvalue weighted by Gasteiger charge is 2.32. The molecule has 3 atom stereocenters. The molecule has 0 amide bonds. The number of hydrogen-bond acceptors (Lipinski definition) is 6. The SMILES string of the molecule is CNc1nc(C)c([N+](=O)[O-])c(NC2CCC(C)C2C)n1. The van der Waals surface area contributed by atoms with E-state index in [4.69, 9.17) is 0 Å². The molecular weight excluding hydrogens is 258 g/mol. The molecule has 1 aromatic heterocycles. The summed E-state index contributed by atoms with van der Waals surface area (Å²) >= 11 is 0. The molecule has 0 radical (unpaired) electrons. The van der Waals surface area contributed by atoms with Gasteiger partial charge in [0.1, 0.15) is 5.69 Å². The van der Waals surface area contributed by atoms with Gasteiger partial charge in [0.2, 0.25) is 11.8 Å². The number of aromatic nitrogens is 2. The highest BCUT2D eigenvalue weighted by Crippen LogP contribution is 2.35. The van der Waals surface area contributed by atoms with Crippen molar-refractivity contribution in [3.05, 3.63) is 15.8 Å². The fourth-order valence-electron chi connectivity index (χ4n) is 2.74. The third kappa shape index (κ3) is 2.66. The Balaban J connectivity index is 2.34. The average molecular weight is 279 g/mol. The monoisotopic (exact) mass is 279 g/mol. The first-order valence-electron chi connectivity index (χ1n) is 6.91. The van der Waals surface area contributed by atoms with Gasteiger partial charge in [0.15, 0.2) is 0 Å². The summed E-state index contributed by atoms with van der Waals surface area (Å²) < 4.78 is 0. The molecule has 0 saturated heterocycles. The molecule has 0 aromatic carbocycles. The minimum Gasteiger partial charge on any atom is -0.361 e. The van der Waals surface area contributed by atoms with Crippen LogP contribution >= 0.6 is 0 Å². The maximum atomic E-state index is 11.2. The van der Waals surface area contributed by atoms with Gasteiger partial charge < -0.3 is 10.6 Å². The Bertz CT molecular complexity index is 520.